The van der Waals surface area contributed by atoms with Gasteiger partial charge < -0.3 is 5.32 Å². The minimum Gasteiger partial charge on any atom is -0.349 e. The van der Waals surface area contributed by atoms with Crippen molar-refractivity contribution in [1.29, 1.82) is 0 Å². The first-order chi connectivity index (χ1) is 11.0. The molecule has 23 heavy (non-hydrogen) atoms. The second-order valence-electron chi connectivity index (χ2n) is 6.73. The summed E-state index contributed by atoms with van der Waals surface area (Å²) < 4.78 is 25.5. The number of benzene rings is 1. The topological polar surface area (TPSA) is 66.5 Å². The summed E-state index contributed by atoms with van der Waals surface area (Å²) in [5, 5.41) is 3.10. The van der Waals surface area contributed by atoms with Gasteiger partial charge in [0.25, 0.3) is 5.91 Å². The highest BCUT2D eigenvalue weighted by molar-refractivity contribution is 7.93. The summed E-state index contributed by atoms with van der Waals surface area (Å²) in [4.78, 5) is 12.5. The first-order valence-electron chi connectivity index (χ1n) is 8.37. The fourth-order valence-electron chi connectivity index (χ4n) is 3.57. The number of hydrogen-bond acceptors (Lipinski definition) is 3. The van der Waals surface area contributed by atoms with E-state index in [4.69, 9.17) is 0 Å². The molecule has 0 bridgehead atoms. The Bertz CT molecular complexity index is 687. The van der Waals surface area contributed by atoms with Gasteiger partial charge in [0.05, 0.1) is 11.4 Å². The number of nitrogens with one attached hydrogen (secondary N) is 1. The number of carbonyl (C=O) groups excluding carboxylic acids is 1. The minimum atomic E-state index is -3.22. The van der Waals surface area contributed by atoms with Gasteiger partial charge in [-0.3, -0.25) is 9.10 Å². The lowest BCUT2D eigenvalue weighted by molar-refractivity contribution is 0.0921. The summed E-state index contributed by atoms with van der Waals surface area (Å²) >= 11 is 0. The van der Waals surface area contributed by atoms with Gasteiger partial charge in [-0.05, 0) is 43.4 Å². The van der Waals surface area contributed by atoms with E-state index >= 15 is 0 Å². The molecule has 1 saturated carbocycles. The molecule has 0 radical (unpaired) electrons. The third-order valence-corrected chi connectivity index (χ3v) is 6.64. The lowest BCUT2D eigenvalue weighted by atomic mass is 9.87. The molecule has 1 amide bonds. The maximum atomic E-state index is 12.5. The Balaban J connectivity index is 1.73. The van der Waals surface area contributed by atoms with Crippen molar-refractivity contribution in [1.82, 2.24) is 5.32 Å². The molecular formula is C17H24N2O3S. The molecule has 0 spiro atoms. The van der Waals surface area contributed by atoms with Gasteiger partial charge in [0.1, 0.15) is 0 Å². The molecule has 2 atom stereocenters. The highest BCUT2D eigenvalue weighted by Gasteiger charge is 2.29. The number of carbonyl (C=O) groups is 1. The average molecular weight is 336 g/mol. The first kappa shape index (κ1) is 16.3. The summed E-state index contributed by atoms with van der Waals surface area (Å²) in [6.45, 7) is 2.71. The zero-order chi connectivity index (χ0) is 16.4. The quantitative estimate of drug-likeness (QED) is 0.922. The SMILES string of the molecule is C[C@H]1CCC[C@H](NC(=O)c2cccc(N3CCCS3(=O)=O)c2)C1. The van der Waals surface area contributed by atoms with Gasteiger partial charge in [-0.15, -0.1) is 0 Å². The van der Waals surface area contributed by atoms with E-state index in [1.807, 2.05) is 0 Å². The van der Waals surface area contributed by atoms with Crippen LogP contribution in [0.2, 0.25) is 0 Å². The van der Waals surface area contributed by atoms with Crippen molar-refractivity contribution >= 4 is 21.6 Å². The van der Waals surface area contributed by atoms with Crippen LogP contribution in [0.15, 0.2) is 24.3 Å². The van der Waals surface area contributed by atoms with Crippen LogP contribution in [0.3, 0.4) is 0 Å². The highest BCUT2D eigenvalue weighted by atomic mass is 32.2. The fourth-order valence-corrected chi connectivity index (χ4v) is 5.12. The molecule has 1 aromatic carbocycles. The normalized spacial score (nSPS) is 26.9. The molecule has 1 N–H and O–H groups in total. The maximum absolute atomic E-state index is 12.5. The van der Waals surface area contributed by atoms with Crippen LogP contribution in [0.5, 0.6) is 0 Å². The molecule has 1 heterocycles. The predicted molar refractivity (Wildman–Crippen MR) is 91.1 cm³/mol. The molecule has 1 saturated heterocycles. The summed E-state index contributed by atoms with van der Waals surface area (Å²) in [5.41, 5.74) is 1.12. The third kappa shape index (κ3) is 3.68. The molecule has 1 aliphatic heterocycles. The Morgan fingerprint density at radius 3 is 2.78 bits per heavy atom. The standard InChI is InChI=1S/C17H24N2O3S/c1-13-5-2-7-15(11-13)18-17(20)14-6-3-8-16(12-14)19-9-4-10-23(19,21)22/h3,6,8,12-13,15H,2,4-5,7,9-11H2,1H3,(H,18,20)/t13-,15-/m0/s1. The molecule has 0 aromatic heterocycles. The molecule has 5 nitrogen and oxygen atoms in total. The van der Waals surface area contributed by atoms with Crippen LogP contribution in [-0.4, -0.2) is 32.7 Å². The van der Waals surface area contributed by atoms with Crippen molar-refractivity contribution in [3.05, 3.63) is 29.8 Å². The van der Waals surface area contributed by atoms with Crippen LogP contribution in [-0.2, 0) is 10.0 Å². The number of amides is 1. The molecule has 1 aromatic rings. The molecule has 2 aliphatic rings. The fraction of sp³-hybridized carbons (Fsp3) is 0.588. The van der Waals surface area contributed by atoms with Crippen molar-refractivity contribution in [3.8, 4) is 0 Å². The first-order valence-corrected chi connectivity index (χ1v) is 9.98. The van der Waals surface area contributed by atoms with E-state index in [-0.39, 0.29) is 17.7 Å². The van der Waals surface area contributed by atoms with Crippen molar-refractivity contribution in [2.24, 2.45) is 5.92 Å². The Labute approximate surface area is 138 Å². The molecule has 3 rings (SSSR count). The van der Waals surface area contributed by atoms with Crippen molar-refractivity contribution < 1.29 is 13.2 Å². The van der Waals surface area contributed by atoms with E-state index in [9.17, 15) is 13.2 Å². The number of rotatable bonds is 3. The van der Waals surface area contributed by atoms with Crippen LogP contribution in [0.4, 0.5) is 5.69 Å². The van der Waals surface area contributed by atoms with E-state index < -0.39 is 10.0 Å². The Hall–Kier alpha value is -1.56. The van der Waals surface area contributed by atoms with Gasteiger partial charge in [0.15, 0.2) is 0 Å². The largest absolute Gasteiger partial charge is 0.349 e. The van der Waals surface area contributed by atoms with E-state index in [2.05, 4.69) is 12.2 Å². The number of sulfonamides is 1. The maximum Gasteiger partial charge on any atom is 0.251 e. The monoisotopic (exact) mass is 336 g/mol. The molecule has 6 heteroatoms. The van der Waals surface area contributed by atoms with E-state index in [0.29, 0.717) is 30.1 Å². The summed E-state index contributed by atoms with van der Waals surface area (Å²) in [6, 6.07) is 7.16. The van der Waals surface area contributed by atoms with Crippen LogP contribution in [0, 0.1) is 5.92 Å². The zero-order valence-electron chi connectivity index (χ0n) is 13.5. The van der Waals surface area contributed by atoms with Crippen molar-refractivity contribution in [2.45, 2.75) is 45.1 Å². The van der Waals surface area contributed by atoms with Gasteiger partial charge in [0.2, 0.25) is 10.0 Å². The predicted octanol–water partition coefficient (Wildman–Crippen LogP) is 2.54. The van der Waals surface area contributed by atoms with Crippen molar-refractivity contribution in [2.75, 3.05) is 16.6 Å². The summed E-state index contributed by atoms with van der Waals surface area (Å²) in [6.07, 6.45) is 5.06. The third-order valence-electron chi connectivity index (χ3n) is 4.77. The highest BCUT2D eigenvalue weighted by Crippen LogP contribution is 2.26. The lowest BCUT2D eigenvalue weighted by Crippen LogP contribution is -2.38. The van der Waals surface area contributed by atoms with Crippen LogP contribution in [0.1, 0.15) is 49.4 Å². The molecular weight excluding hydrogens is 312 g/mol. The summed E-state index contributed by atoms with van der Waals surface area (Å²) in [5.74, 6) is 0.723. The Morgan fingerprint density at radius 1 is 1.26 bits per heavy atom. The van der Waals surface area contributed by atoms with Gasteiger partial charge in [-0.1, -0.05) is 25.8 Å². The van der Waals surface area contributed by atoms with Gasteiger partial charge in [-0.2, -0.15) is 0 Å². The van der Waals surface area contributed by atoms with Crippen molar-refractivity contribution in [3.63, 3.8) is 0 Å². The van der Waals surface area contributed by atoms with Gasteiger partial charge in [0, 0.05) is 18.2 Å². The smallest absolute Gasteiger partial charge is 0.251 e. The molecule has 1 aliphatic carbocycles. The van der Waals surface area contributed by atoms with Crippen LogP contribution < -0.4 is 9.62 Å². The average Bonchev–Trinajstić information content (AvgIpc) is 2.87. The molecule has 0 unspecified atom stereocenters. The number of nitrogens with zero attached hydrogens (tertiary/aromatic N) is 1. The van der Waals surface area contributed by atoms with E-state index in [0.717, 1.165) is 19.3 Å². The van der Waals surface area contributed by atoms with Gasteiger partial charge in [-0.25, -0.2) is 8.42 Å². The lowest BCUT2D eigenvalue weighted by Gasteiger charge is -2.27. The Kier molecular flexibility index (Phi) is 4.62. The van der Waals surface area contributed by atoms with E-state index in [1.54, 1.807) is 24.3 Å². The number of hydrogen-bond donors (Lipinski definition) is 1. The van der Waals surface area contributed by atoms with Crippen LogP contribution in [0.25, 0.3) is 0 Å². The van der Waals surface area contributed by atoms with Gasteiger partial charge >= 0.3 is 0 Å². The zero-order valence-corrected chi connectivity index (χ0v) is 14.3. The van der Waals surface area contributed by atoms with Crippen LogP contribution >= 0.6 is 0 Å². The summed E-state index contributed by atoms with van der Waals surface area (Å²) in [7, 11) is -3.22. The molecule has 126 valence electrons. The van der Waals surface area contributed by atoms with E-state index in [1.165, 1.54) is 10.7 Å². The molecule has 2 fully saturated rings. The second kappa shape index (κ2) is 6.51. The Morgan fingerprint density at radius 2 is 2.09 bits per heavy atom. The number of anilines is 1. The minimum absolute atomic E-state index is 0.109. The second-order valence-corrected chi connectivity index (χ2v) is 8.75.